The van der Waals surface area contributed by atoms with Crippen LogP contribution in [-0.4, -0.2) is 7.11 Å². The predicted octanol–water partition coefficient (Wildman–Crippen LogP) is 3.50. The van der Waals surface area contributed by atoms with Crippen molar-refractivity contribution in [3.8, 4) is 5.75 Å². The van der Waals surface area contributed by atoms with Crippen LogP contribution in [0.5, 0.6) is 5.75 Å². The summed E-state index contributed by atoms with van der Waals surface area (Å²) in [6, 6.07) is 6.11. The number of hydrogen-bond acceptors (Lipinski definition) is 2. The fraction of sp³-hybridized carbons (Fsp3) is 0.500. The molecule has 1 aromatic rings. The van der Waals surface area contributed by atoms with E-state index in [-0.39, 0.29) is 6.04 Å². The van der Waals surface area contributed by atoms with Crippen molar-refractivity contribution in [2.75, 3.05) is 7.11 Å². The molecule has 15 heavy (non-hydrogen) atoms. The van der Waals surface area contributed by atoms with Crippen LogP contribution in [0.2, 0.25) is 0 Å². The lowest BCUT2D eigenvalue weighted by molar-refractivity contribution is 0.410. The minimum atomic E-state index is 0.0946. The smallest absolute Gasteiger partial charge is 0.133 e. The molecule has 0 heterocycles. The molecule has 0 radical (unpaired) electrons. The van der Waals surface area contributed by atoms with Gasteiger partial charge in [-0.15, -0.1) is 0 Å². The minimum absolute atomic E-state index is 0.0946. The van der Waals surface area contributed by atoms with E-state index in [1.165, 1.54) is 0 Å². The number of hydrogen-bond donors (Lipinski definition) is 1. The molecule has 0 saturated heterocycles. The summed E-state index contributed by atoms with van der Waals surface area (Å²) in [7, 11) is 1.66. The van der Waals surface area contributed by atoms with E-state index in [1.54, 1.807) is 7.11 Å². The van der Waals surface area contributed by atoms with Crippen molar-refractivity contribution in [3.63, 3.8) is 0 Å². The summed E-state index contributed by atoms with van der Waals surface area (Å²) in [6.45, 7) is 4.33. The van der Waals surface area contributed by atoms with Gasteiger partial charge in [0.05, 0.1) is 11.6 Å². The Morgan fingerprint density at radius 1 is 1.47 bits per heavy atom. The quantitative estimate of drug-likeness (QED) is 0.910. The molecule has 0 aliphatic rings. The molecule has 0 spiro atoms. The fourth-order valence-electron chi connectivity index (χ4n) is 1.47. The van der Waals surface area contributed by atoms with Crippen molar-refractivity contribution in [3.05, 3.63) is 28.2 Å². The molecule has 0 bridgehead atoms. The molecule has 2 unspecified atom stereocenters. The van der Waals surface area contributed by atoms with Gasteiger partial charge in [0.2, 0.25) is 0 Å². The number of ether oxygens (including phenoxy) is 1. The standard InChI is InChI=1S/C12H18BrNO/c1-4-8(2)12(14)9-5-6-11(15-3)10(13)7-9/h5-8,12H,4,14H2,1-3H3. The Morgan fingerprint density at radius 2 is 2.13 bits per heavy atom. The van der Waals surface area contributed by atoms with Crippen LogP contribution in [0.1, 0.15) is 31.9 Å². The number of methoxy groups -OCH3 is 1. The van der Waals surface area contributed by atoms with Crippen LogP contribution >= 0.6 is 15.9 Å². The first-order chi connectivity index (χ1) is 7.10. The molecule has 0 fully saturated rings. The molecule has 3 heteroatoms. The highest BCUT2D eigenvalue weighted by molar-refractivity contribution is 9.10. The van der Waals surface area contributed by atoms with Crippen LogP contribution in [0.3, 0.4) is 0 Å². The molecule has 2 atom stereocenters. The lowest BCUT2D eigenvalue weighted by atomic mass is 9.93. The molecule has 2 N–H and O–H groups in total. The van der Waals surface area contributed by atoms with E-state index in [4.69, 9.17) is 10.5 Å². The molecule has 0 aromatic heterocycles. The first-order valence-corrected chi connectivity index (χ1v) is 5.98. The Morgan fingerprint density at radius 3 is 2.60 bits per heavy atom. The van der Waals surface area contributed by atoms with Crippen molar-refractivity contribution in [2.24, 2.45) is 11.7 Å². The summed E-state index contributed by atoms with van der Waals surface area (Å²) in [4.78, 5) is 0. The van der Waals surface area contributed by atoms with Gasteiger partial charge in [-0.2, -0.15) is 0 Å². The first kappa shape index (κ1) is 12.5. The summed E-state index contributed by atoms with van der Waals surface area (Å²) in [5.41, 5.74) is 7.30. The molecular formula is C12H18BrNO. The SMILES string of the molecule is CCC(C)C(N)c1ccc(OC)c(Br)c1. The average molecular weight is 272 g/mol. The highest BCUT2D eigenvalue weighted by atomic mass is 79.9. The van der Waals surface area contributed by atoms with Gasteiger partial charge in [-0.3, -0.25) is 0 Å². The Hall–Kier alpha value is -0.540. The van der Waals surface area contributed by atoms with E-state index in [0.29, 0.717) is 5.92 Å². The zero-order valence-corrected chi connectivity index (χ0v) is 11.0. The predicted molar refractivity (Wildman–Crippen MR) is 67.1 cm³/mol. The Bertz CT molecular complexity index is 327. The van der Waals surface area contributed by atoms with Gasteiger partial charge in [0.25, 0.3) is 0 Å². The second-order valence-corrected chi connectivity index (χ2v) is 4.66. The van der Waals surface area contributed by atoms with E-state index < -0.39 is 0 Å². The van der Waals surface area contributed by atoms with Gasteiger partial charge < -0.3 is 10.5 Å². The number of benzene rings is 1. The van der Waals surface area contributed by atoms with Crippen LogP contribution < -0.4 is 10.5 Å². The molecule has 84 valence electrons. The molecule has 0 aliphatic heterocycles. The van der Waals surface area contributed by atoms with Gasteiger partial charge in [0.15, 0.2) is 0 Å². The molecule has 0 saturated carbocycles. The maximum absolute atomic E-state index is 6.15. The van der Waals surface area contributed by atoms with E-state index in [0.717, 1.165) is 22.2 Å². The Kier molecular flexibility index (Phi) is 4.61. The van der Waals surface area contributed by atoms with E-state index in [9.17, 15) is 0 Å². The minimum Gasteiger partial charge on any atom is -0.496 e. The highest BCUT2D eigenvalue weighted by Gasteiger charge is 2.14. The summed E-state index contributed by atoms with van der Waals surface area (Å²) in [6.07, 6.45) is 1.09. The zero-order chi connectivity index (χ0) is 11.4. The molecule has 0 aliphatic carbocycles. The molecule has 1 rings (SSSR count). The van der Waals surface area contributed by atoms with Crippen molar-refractivity contribution >= 4 is 15.9 Å². The lowest BCUT2D eigenvalue weighted by Gasteiger charge is -2.19. The molecule has 0 amide bonds. The third-order valence-corrected chi connectivity index (χ3v) is 3.44. The van der Waals surface area contributed by atoms with Crippen molar-refractivity contribution in [1.82, 2.24) is 0 Å². The maximum Gasteiger partial charge on any atom is 0.133 e. The van der Waals surface area contributed by atoms with Crippen molar-refractivity contribution < 1.29 is 4.74 Å². The van der Waals surface area contributed by atoms with Crippen LogP contribution in [0.4, 0.5) is 0 Å². The van der Waals surface area contributed by atoms with Crippen molar-refractivity contribution in [1.29, 1.82) is 0 Å². The van der Waals surface area contributed by atoms with Gasteiger partial charge >= 0.3 is 0 Å². The number of rotatable bonds is 4. The normalized spacial score (nSPS) is 14.7. The second kappa shape index (κ2) is 5.52. The topological polar surface area (TPSA) is 35.2 Å². The second-order valence-electron chi connectivity index (χ2n) is 3.81. The largest absolute Gasteiger partial charge is 0.496 e. The van der Waals surface area contributed by atoms with E-state index in [1.807, 2.05) is 18.2 Å². The van der Waals surface area contributed by atoms with E-state index in [2.05, 4.69) is 29.8 Å². The monoisotopic (exact) mass is 271 g/mol. The lowest BCUT2D eigenvalue weighted by Crippen LogP contribution is -2.18. The van der Waals surface area contributed by atoms with Gasteiger partial charge in [-0.1, -0.05) is 26.3 Å². The number of halogens is 1. The van der Waals surface area contributed by atoms with Crippen LogP contribution in [0, 0.1) is 5.92 Å². The summed E-state index contributed by atoms with van der Waals surface area (Å²) in [5.74, 6) is 1.33. The van der Waals surface area contributed by atoms with Crippen LogP contribution in [0.25, 0.3) is 0 Å². The third kappa shape index (κ3) is 2.95. The first-order valence-electron chi connectivity index (χ1n) is 5.19. The van der Waals surface area contributed by atoms with Gasteiger partial charge in [-0.25, -0.2) is 0 Å². The maximum atomic E-state index is 6.15. The summed E-state index contributed by atoms with van der Waals surface area (Å²) < 4.78 is 6.14. The van der Waals surface area contributed by atoms with Crippen molar-refractivity contribution in [2.45, 2.75) is 26.3 Å². The van der Waals surface area contributed by atoms with E-state index >= 15 is 0 Å². The summed E-state index contributed by atoms with van der Waals surface area (Å²) >= 11 is 3.47. The molecular weight excluding hydrogens is 254 g/mol. The van der Waals surface area contributed by atoms with Crippen LogP contribution in [-0.2, 0) is 0 Å². The average Bonchev–Trinajstić information content (AvgIpc) is 2.26. The highest BCUT2D eigenvalue weighted by Crippen LogP contribution is 2.30. The Labute approximate surface area is 99.9 Å². The van der Waals surface area contributed by atoms with Gasteiger partial charge in [0, 0.05) is 6.04 Å². The van der Waals surface area contributed by atoms with Crippen LogP contribution in [0.15, 0.2) is 22.7 Å². The molecule has 1 aromatic carbocycles. The summed E-state index contributed by atoms with van der Waals surface area (Å²) in [5, 5.41) is 0. The molecule has 2 nitrogen and oxygen atoms in total. The van der Waals surface area contributed by atoms with Gasteiger partial charge in [0.1, 0.15) is 5.75 Å². The zero-order valence-electron chi connectivity index (χ0n) is 9.46. The Balaban J connectivity index is 2.92. The number of nitrogens with two attached hydrogens (primary N) is 1. The third-order valence-electron chi connectivity index (χ3n) is 2.82. The van der Waals surface area contributed by atoms with Gasteiger partial charge in [-0.05, 0) is 39.5 Å². The fourth-order valence-corrected chi connectivity index (χ4v) is 2.03.